The van der Waals surface area contributed by atoms with Gasteiger partial charge < -0.3 is 14.2 Å². The van der Waals surface area contributed by atoms with Crippen LogP contribution in [-0.4, -0.2) is 59.0 Å². The average Bonchev–Trinajstić information content (AvgIpc) is 3.14. The van der Waals surface area contributed by atoms with Gasteiger partial charge in [-0.1, -0.05) is 20.8 Å². The number of tetrazole rings is 1. The molecule has 0 atom stereocenters. The molecule has 2 rings (SSSR count). The van der Waals surface area contributed by atoms with Crippen molar-refractivity contribution in [3.8, 4) is 11.4 Å². The molecule has 0 amide bonds. The van der Waals surface area contributed by atoms with Crippen molar-refractivity contribution in [2.24, 2.45) is 0 Å². The molecule has 26 heavy (non-hydrogen) atoms. The molecule has 0 aliphatic heterocycles. The van der Waals surface area contributed by atoms with E-state index in [1.165, 1.54) is 0 Å². The summed E-state index contributed by atoms with van der Waals surface area (Å²) in [6.45, 7) is 7.81. The highest BCUT2D eigenvalue weighted by Gasteiger charge is 2.11. The van der Waals surface area contributed by atoms with E-state index in [1.54, 1.807) is 4.68 Å². The first-order valence-electron chi connectivity index (χ1n) is 8.80. The van der Waals surface area contributed by atoms with Gasteiger partial charge in [-0.15, -0.1) is 5.10 Å². The number of carbonyl (C=O) groups excluding carboxylic acids is 1. The third-order valence-electron chi connectivity index (χ3n) is 3.62. The van der Waals surface area contributed by atoms with E-state index in [0.717, 1.165) is 17.3 Å². The van der Waals surface area contributed by atoms with Crippen LogP contribution >= 0.6 is 0 Å². The predicted octanol–water partition coefficient (Wildman–Crippen LogP) is 2.18. The minimum atomic E-state index is 0.0963. The fourth-order valence-electron chi connectivity index (χ4n) is 2.15. The molecule has 0 unspecified atom stereocenters. The smallest absolute Gasteiger partial charge is 0.159 e. The Hall–Kier alpha value is -2.32. The molecular formula is C18H26N4O4. The summed E-state index contributed by atoms with van der Waals surface area (Å²) in [5, 5.41) is 11.8. The molecule has 1 aromatic carbocycles. The van der Waals surface area contributed by atoms with Crippen molar-refractivity contribution in [2.75, 3.05) is 33.0 Å². The predicted molar refractivity (Wildman–Crippen MR) is 95.7 cm³/mol. The van der Waals surface area contributed by atoms with E-state index in [0.29, 0.717) is 32.8 Å². The van der Waals surface area contributed by atoms with Crippen LogP contribution in [0.1, 0.15) is 38.9 Å². The van der Waals surface area contributed by atoms with Crippen LogP contribution in [-0.2, 0) is 14.3 Å². The zero-order valence-corrected chi connectivity index (χ0v) is 15.6. The van der Waals surface area contributed by atoms with Gasteiger partial charge in [-0.3, -0.25) is 4.79 Å². The highest BCUT2D eigenvalue weighted by Crippen LogP contribution is 2.18. The van der Waals surface area contributed by atoms with Crippen molar-refractivity contribution in [3.05, 3.63) is 30.1 Å². The van der Waals surface area contributed by atoms with Crippen LogP contribution in [0.5, 0.6) is 5.75 Å². The summed E-state index contributed by atoms with van der Waals surface area (Å²) >= 11 is 0. The lowest BCUT2D eigenvalue weighted by Crippen LogP contribution is -2.13. The van der Waals surface area contributed by atoms with Crippen molar-refractivity contribution >= 4 is 5.78 Å². The Labute approximate surface area is 153 Å². The quantitative estimate of drug-likeness (QED) is 0.535. The molecule has 0 fully saturated rings. The maximum absolute atomic E-state index is 11.1. The third-order valence-corrected chi connectivity index (χ3v) is 3.62. The summed E-state index contributed by atoms with van der Waals surface area (Å²) < 4.78 is 18.0. The second-order valence-corrected chi connectivity index (χ2v) is 6.00. The number of carbonyl (C=O) groups is 1. The van der Waals surface area contributed by atoms with Crippen LogP contribution < -0.4 is 4.74 Å². The highest BCUT2D eigenvalue weighted by molar-refractivity contribution is 5.79. The number of aromatic nitrogens is 4. The molecule has 1 heterocycles. The lowest BCUT2D eigenvalue weighted by atomic mass is 10.2. The van der Waals surface area contributed by atoms with Crippen LogP contribution in [0.3, 0.4) is 0 Å². The van der Waals surface area contributed by atoms with Gasteiger partial charge in [0.2, 0.25) is 0 Å². The third kappa shape index (κ3) is 6.20. The first kappa shape index (κ1) is 20.0. The largest absolute Gasteiger partial charge is 0.491 e. The van der Waals surface area contributed by atoms with Gasteiger partial charge >= 0.3 is 0 Å². The molecule has 2 aromatic rings. The Morgan fingerprint density at radius 1 is 1.08 bits per heavy atom. The van der Waals surface area contributed by atoms with E-state index in [-0.39, 0.29) is 18.3 Å². The molecule has 0 aliphatic rings. The summed E-state index contributed by atoms with van der Waals surface area (Å²) in [6.07, 6.45) is 0.500. The zero-order valence-electron chi connectivity index (χ0n) is 15.6. The molecule has 0 bridgehead atoms. The van der Waals surface area contributed by atoms with Gasteiger partial charge in [0, 0.05) is 12.3 Å². The molecule has 0 saturated heterocycles. The number of Topliss-reactive ketones (excluding diaryl/α,β-unsaturated/α-hetero) is 1. The van der Waals surface area contributed by atoms with E-state index in [4.69, 9.17) is 14.2 Å². The number of nitrogens with zero attached hydrogens (tertiary/aromatic N) is 4. The summed E-state index contributed by atoms with van der Waals surface area (Å²) in [7, 11) is 0. The molecule has 0 aliphatic carbocycles. The fourth-order valence-corrected chi connectivity index (χ4v) is 2.15. The lowest BCUT2D eigenvalue weighted by Gasteiger charge is -2.09. The van der Waals surface area contributed by atoms with Crippen molar-refractivity contribution in [1.82, 2.24) is 20.2 Å². The molecule has 1 aromatic heterocycles. The second kappa shape index (κ2) is 10.6. The topological polar surface area (TPSA) is 88.4 Å². The molecule has 0 radical (unpaired) electrons. The Morgan fingerprint density at radius 2 is 1.77 bits per heavy atom. The average molecular weight is 362 g/mol. The SMILES string of the molecule is CCC(=O)COCCOCCOc1ccc(-n2nnnc2C(C)C)cc1. The minimum absolute atomic E-state index is 0.0963. The van der Waals surface area contributed by atoms with E-state index in [2.05, 4.69) is 15.5 Å². The Balaban J connectivity index is 1.67. The molecule has 8 heteroatoms. The van der Waals surface area contributed by atoms with Gasteiger partial charge in [0.1, 0.15) is 19.0 Å². The van der Waals surface area contributed by atoms with E-state index in [1.807, 2.05) is 45.0 Å². The zero-order chi connectivity index (χ0) is 18.8. The van der Waals surface area contributed by atoms with Gasteiger partial charge in [0.05, 0.1) is 25.5 Å². The van der Waals surface area contributed by atoms with Gasteiger partial charge in [0.15, 0.2) is 11.6 Å². The summed E-state index contributed by atoms with van der Waals surface area (Å²) in [5.74, 6) is 1.90. The first-order chi connectivity index (χ1) is 12.6. The lowest BCUT2D eigenvalue weighted by molar-refractivity contribution is -0.123. The number of ketones is 1. The minimum Gasteiger partial charge on any atom is -0.491 e. The van der Waals surface area contributed by atoms with E-state index in [9.17, 15) is 4.79 Å². The molecule has 0 N–H and O–H groups in total. The van der Waals surface area contributed by atoms with Gasteiger partial charge in [-0.2, -0.15) is 4.68 Å². The van der Waals surface area contributed by atoms with Crippen LogP contribution in [0.25, 0.3) is 5.69 Å². The maximum atomic E-state index is 11.1. The standard InChI is InChI=1S/C18H26N4O4/c1-4-16(23)13-25-10-9-24-11-12-26-17-7-5-15(6-8-17)22-18(14(2)3)19-20-21-22/h5-8,14H,4,9-13H2,1-3H3. The number of rotatable bonds is 12. The summed E-state index contributed by atoms with van der Waals surface area (Å²) in [5.41, 5.74) is 0.890. The normalized spacial score (nSPS) is 11.1. The fraction of sp³-hybridized carbons (Fsp3) is 0.556. The van der Waals surface area contributed by atoms with Crippen molar-refractivity contribution < 1.29 is 19.0 Å². The van der Waals surface area contributed by atoms with Crippen LogP contribution in [0, 0.1) is 0 Å². The summed E-state index contributed by atoms with van der Waals surface area (Å²) in [6, 6.07) is 7.58. The van der Waals surface area contributed by atoms with Gasteiger partial charge in [-0.05, 0) is 34.7 Å². The summed E-state index contributed by atoms with van der Waals surface area (Å²) in [4.78, 5) is 11.1. The molecule has 0 spiro atoms. The monoisotopic (exact) mass is 362 g/mol. The number of ether oxygens (including phenoxy) is 3. The number of hydrogen-bond donors (Lipinski definition) is 0. The Bertz CT molecular complexity index is 670. The second-order valence-electron chi connectivity index (χ2n) is 6.00. The van der Waals surface area contributed by atoms with Crippen molar-refractivity contribution in [1.29, 1.82) is 0 Å². The molecule has 8 nitrogen and oxygen atoms in total. The van der Waals surface area contributed by atoms with Crippen LogP contribution in [0.4, 0.5) is 0 Å². The van der Waals surface area contributed by atoms with E-state index < -0.39 is 0 Å². The van der Waals surface area contributed by atoms with Gasteiger partial charge in [0.25, 0.3) is 0 Å². The maximum Gasteiger partial charge on any atom is 0.159 e. The van der Waals surface area contributed by atoms with Crippen LogP contribution in [0.15, 0.2) is 24.3 Å². The molecule has 142 valence electrons. The van der Waals surface area contributed by atoms with E-state index >= 15 is 0 Å². The first-order valence-corrected chi connectivity index (χ1v) is 8.80. The Morgan fingerprint density at radius 3 is 2.46 bits per heavy atom. The number of benzene rings is 1. The van der Waals surface area contributed by atoms with Crippen molar-refractivity contribution in [2.45, 2.75) is 33.1 Å². The number of hydrogen-bond acceptors (Lipinski definition) is 7. The van der Waals surface area contributed by atoms with Gasteiger partial charge in [-0.25, -0.2) is 0 Å². The highest BCUT2D eigenvalue weighted by atomic mass is 16.5. The Kier molecular flexibility index (Phi) is 8.17. The molecular weight excluding hydrogens is 336 g/mol. The van der Waals surface area contributed by atoms with Crippen LogP contribution in [0.2, 0.25) is 0 Å². The molecule has 0 saturated carbocycles. The van der Waals surface area contributed by atoms with Crippen molar-refractivity contribution in [3.63, 3.8) is 0 Å².